The molecule has 1 saturated heterocycles. The zero-order valence-electron chi connectivity index (χ0n) is 10.5. The molecule has 1 aromatic rings. The molecule has 3 heteroatoms. The maximum Gasteiger partial charge on any atom is 0.240 e. The van der Waals surface area contributed by atoms with Crippen molar-refractivity contribution in [2.45, 2.75) is 38.8 Å². The van der Waals surface area contributed by atoms with Gasteiger partial charge in [-0.1, -0.05) is 29.8 Å². The second-order valence-corrected chi connectivity index (χ2v) is 5.03. The maximum absolute atomic E-state index is 12.0. The number of aryl methyl sites for hydroxylation is 1. The zero-order valence-corrected chi connectivity index (χ0v) is 10.5. The molecule has 1 fully saturated rings. The van der Waals surface area contributed by atoms with Crippen LogP contribution in [0.5, 0.6) is 0 Å². The Morgan fingerprint density at radius 1 is 1.41 bits per heavy atom. The van der Waals surface area contributed by atoms with Gasteiger partial charge < -0.3 is 10.6 Å². The van der Waals surface area contributed by atoms with Crippen LogP contribution in [0.4, 0.5) is 0 Å². The molecule has 1 unspecified atom stereocenters. The normalized spacial score (nSPS) is 23.6. The van der Waals surface area contributed by atoms with Crippen LogP contribution < -0.4 is 10.6 Å². The van der Waals surface area contributed by atoms with E-state index in [0.717, 1.165) is 24.9 Å². The second-order valence-electron chi connectivity index (χ2n) is 5.03. The first-order valence-electron chi connectivity index (χ1n) is 6.19. The fourth-order valence-electron chi connectivity index (χ4n) is 2.17. The predicted octanol–water partition coefficient (Wildman–Crippen LogP) is 1.75. The lowest BCUT2D eigenvalue weighted by Crippen LogP contribution is -2.50. The maximum atomic E-state index is 12.0. The molecule has 1 amide bonds. The minimum absolute atomic E-state index is 0.107. The Morgan fingerprint density at radius 2 is 2.12 bits per heavy atom. The van der Waals surface area contributed by atoms with Crippen LogP contribution in [-0.4, -0.2) is 18.0 Å². The summed E-state index contributed by atoms with van der Waals surface area (Å²) in [6.45, 7) is 5.58. The summed E-state index contributed by atoms with van der Waals surface area (Å²) in [7, 11) is 0. The number of carbonyl (C=O) groups is 1. The molecule has 92 valence electrons. The number of hydrogen-bond acceptors (Lipinski definition) is 2. The molecule has 3 nitrogen and oxygen atoms in total. The van der Waals surface area contributed by atoms with Gasteiger partial charge in [0.05, 0.1) is 5.54 Å². The highest BCUT2D eigenvalue weighted by atomic mass is 16.2. The SMILES string of the molecule is Cc1ccc(CNC(=O)C2(C)CCCN2)cc1. The average molecular weight is 232 g/mol. The Morgan fingerprint density at radius 3 is 2.71 bits per heavy atom. The van der Waals surface area contributed by atoms with Crippen LogP contribution in [0.3, 0.4) is 0 Å². The first-order valence-corrected chi connectivity index (χ1v) is 6.19. The lowest BCUT2D eigenvalue weighted by atomic mass is 9.99. The van der Waals surface area contributed by atoms with Gasteiger partial charge >= 0.3 is 0 Å². The molecule has 2 N–H and O–H groups in total. The van der Waals surface area contributed by atoms with Gasteiger partial charge in [-0.05, 0) is 38.8 Å². The van der Waals surface area contributed by atoms with Gasteiger partial charge in [0.25, 0.3) is 0 Å². The van der Waals surface area contributed by atoms with E-state index in [0.29, 0.717) is 6.54 Å². The summed E-state index contributed by atoms with van der Waals surface area (Å²) in [5, 5.41) is 6.27. The summed E-state index contributed by atoms with van der Waals surface area (Å²) >= 11 is 0. The number of carbonyl (C=O) groups excluding carboxylic acids is 1. The Kier molecular flexibility index (Phi) is 3.48. The van der Waals surface area contributed by atoms with E-state index in [1.807, 2.05) is 6.92 Å². The van der Waals surface area contributed by atoms with Crippen molar-refractivity contribution in [2.24, 2.45) is 0 Å². The standard InChI is InChI=1S/C14H20N2O/c1-11-4-6-12(7-5-11)10-15-13(17)14(2)8-3-9-16-14/h4-7,16H,3,8-10H2,1-2H3,(H,15,17). The van der Waals surface area contributed by atoms with Crippen molar-refractivity contribution in [3.05, 3.63) is 35.4 Å². The summed E-state index contributed by atoms with van der Waals surface area (Å²) < 4.78 is 0. The molecule has 1 aliphatic heterocycles. The number of benzene rings is 1. The van der Waals surface area contributed by atoms with Crippen molar-refractivity contribution in [3.8, 4) is 0 Å². The minimum atomic E-state index is -0.370. The lowest BCUT2D eigenvalue weighted by molar-refractivity contribution is -0.126. The molecule has 2 rings (SSSR count). The third kappa shape index (κ3) is 2.86. The molecular weight excluding hydrogens is 212 g/mol. The Hall–Kier alpha value is -1.35. The molecule has 1 heterocycles. The second kappa shape index (κ2) is 4.88. The van der Waals surface area contributed by atoms with Gasteiger partial charge in [-0.3, -0.25) is 4.79 Å². The van der Waals surface area contributed by atoms with Crippen molar-refractivity contribution in [1.29, 1.82) is 0 Å². The molecule has 1 atom stereocenters. The third-order valence-electron chi connectivity index (χ3n) is 3.44. The average Bonchev–Trinajstić information content (AvgIpc) is 2.76. The molecular formula is C14H20N2O. The zero-order chi connectivity index (χ0) is 12.3. The summed E-state index contributed by atoms with van der Waals surface area (Å²) in [6.07, 6.45) is 2.00. The minimum Gasteiger partial charge on any atom is -0.350 e. The van der Waals surface area contributed by atoms with E-state index in [-0.39, 0.29) is 11.4 Å². The van der Waals surface area contributed by atoms with Crippen LogP contribution in [0.15, 0.2) is 24.3 Å². The van der Waals surface area contributed by atoms with Crippen LogP contribution in [0.2, 0.25) is 0 Å². The fraction of sp³-hybridized carbons (Fsp3) is 0.500. The van der Waals surface area contributed by atoms with Crippen LogP contribution >= 0.6 is 0 Å². The van der Waals surface area contributed by atoms with E-state index in [2.05, 4.69) is 41.8 Å². The molecule has 0 aliphatic carbocycles. The van der Waals surface area contributed by atoms with Gasteiger partial charge in [0.1, 0.15) is 0 Å². The highest BCUT2D eigenvalue weighted by Gasteiger charge is 2.35. The number of rotatable bonds is 3. The molecule has 0 spiro atoms. The summed E-state index contributed by atoms with van der Waals surface area (Å²) in [5.41, 5.74) is 2.01. The van der Waals surface area contributed by atoms with Crippen molar-refractivity contribution >= 4 is 5.91 Å². The Bertz CT molecular complexity index is 391. The van der Waals surface area contributed by atoms with E-state index < -0.39 is 0 Å². The summed E-state index contributed by atoms with van der Waals surface area (Å²) in [6, 6.07) is 8.24. The first kappa shape index (κ1) is 12.1. The first-order chi connectivity index (χ1) is 8.10. The van der Waals surface area contributed by atoms with Crippen molar-refractivity contribution in [1.82, 2.24) is 10.6 Å². The van der Waals surface area contributed by atoms with Gasteiger partial charge in [-0.25, -0.2) is 0 Å². The van der Waals surface area contributed by atoms with E-state index in [9.17, 15) is 4.79 Å². The highest BCUT2D eigenvalue weighted by Crippen LogP contribution is 2.18. The molecule has 17 heavy (non-hydrogen) atoms. The quantitative estimate of drug-likeness (QED) is 0.833. The van der Waals surface area contributed by atoms with Crippen LogP contribution in [0, 0.1) is 6.92 Å². The van der Waals surface area contributed by atoms with Gasteiger partial charge in [0, 0.05) is 6.54 Å². The van der Waals surface area contributed by atoms with Crippen molar-refractivity contribution < 1.29 is 4.79 Å². The van der Waals surface area contributed by atoms with Gasteiger partial charge in [-0.2, -0.15) is 0 Å². The van der Waals surface area contributed by atoms with Crippen LogP contribution in [-0.2, 0) is 11.3 Å². The van der Waals surface area contributed by atoms with Gasteiger partial charge in [0.15, 0.2) is 0 Å². The highest BCUT2D eigenvalue weighted by molar-refractivity contribution is 5.86. The lowest BCUT2D eigenvalue weighted by Gasteiger charge is -2.23. The molecule has 1 aliphatic rings. The largest absolute Gasteiger partial charge is 0.350 e. The van der Waals surface area contributed by atoms with Crippen molar-refractivity contribution in [2.75, 3.05) is 6.54 Å². The monoisotopic (exact) mass is 232 g/mol. The summed E-state index contributed by atoms with van der Waals surface area (Å²) in [5.74, 6) is 0.107. The molecule has 1 aromatic carbocycles. The van der Waals surface area contributed by atoms with E-state index >= 15 is 0 Å². The van der Waals surface area contributed by atoms with E-state index in [1.165, 1.54) is 5.56 Å². The topological polar surface area (TPSA) is 41.1 Å². The summed E-state index contributed by atoms with van der Waals surface area (Å²) in [4.78, 5) is 12.0. The van der Waals surface area contributed by atoms with Crippen LogP contribution in [0.25, 0.3) is 0 Å². The van der Waals surface area contributed by atoms with Crippen molar-refractivity contribution in [3.63, 3.8) is 0 Å². The molecule has 0 aromatic heterocycles. The van der Waals surface area contributed by atoms with E-state index in [4.69, 9.17) is 0 Å². The Balaban J connectivity index is 1.89. The van der Waals surface area contributed by atoms with Gasteiger partial charge in [-0.15, -0.1) is 0 Å². The predicted molar refractivity (Wildman–Crippen MR) is 68.7 cm³/mol. The fourth-order valence-corrected chi connectivity index (χ4v) is 2.17. The smallest absolute Gasteiger partial charge is 0.240 e. The third-order valence-corrected chi connectivity index (χ3v) is 3.44. The molecule has 0 saturated carbocycles. The number of hydrogen-bond donors (Lipinski definition) is 2. The Labute approximate surface area is 103 Å². The number of amides is 1. The van der Waals surface area contributed by atoms with Crippen LogP contribution in [0.1, 0.15) is 30.9 Å². The van der Waals surface area contributed by atoms with Gasteiger partial charge in [0.2, 0.25) is 5.91 Å². The molecule has 0 radical (unpaired) electrons. The number of nitrogens with one attached hydrogen (secondary N) is 2. The molecule has 0 bridgehead atoms. The van der Waals surface area contributed by atoms with E-state index in [1.54, 1.807) is 0 Å².